The Balaban J connectivity index is 1.39. The predicted octanol–water partition coefficient (Wildman–Crippen LogP) is 9.50. The largest absolute Gasteiger partial charge is 0.444 e. The van der Waals surface area contributed by atoms with Crippen LogP contribution in [0.25, 0.3) is 22.2 Å². The lowest BCUT2D eigenvalue weighted by Gasteiger charge is -2.34. The van der Waals surface area contributed by atoms with E-state index in [0.717, 1.165) is 78.2 Å². The van der Waals surface area contributed by atoms with Gasteiger partial charge in [-0.05, 0) is 89.5 Å². The number of rotatable bonds is 16. The molecule has 1 saturated carbocycles. The van der Waals surface area contributed by atoms with Crippen LogP contribution in [0, 0.1) is 18.3 Å². The summed E-state index contributed by atoms with van der Waals surface area (Å²) in [5, 5.41) is 4.98. The minimum absolute atomic E-state index is 0.0304. The Morgan fingerprint density at radius 3 is 2.51 bits per heavy atom. The predicted molar refractivity (Wildman–Crippen MR) is 214 cm³/mol. The molecule has 1 aliphatic heterocycles. The van der Waals surface area contributed by atoms with Crippen LogP contribution in [-0.2, 0) is 25.8 Å². The number of Topliss-reactive ketones (excluding diaryl/α,β-unsaturated/α-hetero) is 1. The summed E-state index contributed by atoms with van der Waals surface area (Å²) in [4.78, 5) is 50.3. The lowest BCUT2D eigenvalue weighted by Crippen LogP contribution is -2.43. The Kier molecular flexibility index (Phi) is 13.1. The molecule has 1 N–H and O–H groups in total. The molecule has 2 atom stereocenters. The van der Waals surface area contributed by atoms with Crippen LogP contribution in [0.15, 0.2) is 30.5 Å². The van der Waals surface area contributed by atoms with E-state index in [4.69, 9.17) is 26.1 Å². The second-order valence-electron chi connectivity index (χ2n) is 17.4. The molecule has 2 aromatic heterocycles. The highest BCUT2D eigenvalue weighted by molar-refractivity contribution is 6.76. The van der Waals surface area contributed by atoms with Crippen molar-refractivity contribution in [3.63, 3.8) is 0 Å². The van der Waals surface area contributed by atoms with Gasteiger partial charge in [0.1, 0.15) is 23.9 Å². The van der Waals surface area contributed by atoms with Gasteiger partial charge in [-0.1, -0.05) is 57.1 Å². The third kappa shape index (κ3) is 10.9. The Morgan fingerprint density at radius 1 is 1.09 bits per heavy atom. The minimum Gasteiger partial charge on any atom is -0.444 e. The number of hydrogen-bond donors (Lipinski definition) is 1. The molecule has 10 nitrogen and oxygen atoms in total. The van der Waals surface area contributed by atoms with Crippen molar-refractivity contribution in [3.8, 4) is 11.3 Å². The number of nitrogens with zero attached hydrogens (tertiary/aromatic N) is 4. The van der Waals surface area contributed by atoms with Gasteiger partial charge < -0.3 is 24.3 Å². The highest BCUT2D eigenvalue weighted by atomic mass is 35.5. The minimum atomic E-state index is -1.33. The van der Waals surface area contributed by atoms with Crippen molar-refractivity contribution < 1.29 is 23.9 Å². The number of hydrogen-bond acceptors (Lipinski definition) is 7. The number of aryl methyl sites for hydroxylation is 1. The van der Waals surface area contributed by atoms with Gasteiger partial charge in [0.25, 0.3) is 0 Å². The standard InChI is InChI=1S/C41H60ClN5O5Si/c1-9-30(48)13-11-10-12-14-34(45-38(49)32-25-41(32)17-19-46(20-18-41)39(50)52-40(3,4)5)37-43-26-36(47(37)27-51-21-22-53(6,7)8)31-23-29-16-15-28(2)44-35(29)24-33(31)42/h15-16,23-24,26,32,34H,9-14,17-22,25,27H2,1-8H3,(H,45,49)/t32?,34-/m0/s1. The molecule has 3 aromatic rings. The van der Waals surface area contributed by atoms with Gasteiger partial charge in [-0.3, -0.25) is 14.6 Å². The highest BCUT2D eigenvalue weighted by Gasteiger charge is 2.59. The summed E-state index contributed by atoms with van der Waals surface area (Å²) in [5.74, 6) is 0.927. The monoisotopic (exact) mass is 765 g/mol. The fraction of sp³-hybridized carbons (Fsp3) is 0.634. The zero-order valence-electron chi connectivity index (χ0n) is 33.1. The third-order valence-electron chi connectivity index (χ3n) is 10.7. The summed E-state index contributed by atoms with van der Waals surface area (Å²) in [6, 6.07) is 8.67. The summed E-state index contributed by atoms with van der Waals surface area (Å²) in [5.41, 5.74) is 2.77. The topological polar surface area (TPSA) is 116 Å². The van der Waals surface area contributed by atoms with Crippen molar-refractivity contribution in [2.75, 3.05) is 19.7 Å². The fourth-order valence-electron chi connectivity index (χ4n) is 7.29. The Labute approximate surface area is 321 Å². The fourth-order valence-corrected chi connectivity index (χ4v) is 8.30. The van der Waals surface area contributed by atoms with Crippen LogP contribution >= 0.6 is 11.6 Å². The SMILES string of the molecule is CCC(=O)CCCCC[C@H](NC(=O)C1CC12CCN(C(=O)OC(C)(C)C)CC2)c1ncc(-c2cc3ccc(C)nc3cc2Cl)n1COCC[Si](C)(C)C. The van der Waals surface area contributed by atoms with E-state index in [2.05, 4.69) is 46.6 Å². The van der Waals surface area contributed by atoms with E-state index in [1.165, 1.54) is 0 Å². The van der Waals surface area contributed by atoms with Crippen molar-refractivity contribution >= 4 is 48.4 Å². The Hall–Kier alpha value is -3.28. The average molecular weight is 766 g/mol. The lowest BCUT2D eigenvalue weighted by molar-refractivity contribution is -0.124. The molecule has 5 rings (SSSR count). The van der Waals surface area contributed by atoms with Gasteiger partial charge >= 0.3 is 6.09 Å². The van der Waals surface area contributed by atoms with Crippen molar-refractivity contribution in [1.29, 1.82) is 0 Å². The van der Waals surface area contributed by atoms with Crippen LogP contribution in [0.3, 0.4) is 0 Å². The van der Waals surface area contributed by atoms with Crippen LogP contribution in [0.5, 0.6) is 0 Å². The zero-order valence-corrected chi connectivity index (χ0v) is 34.9. The first-order valence-electron chi connectivity index (χ1n) is 19.5. The summed E-state index contributed by atoms with van der Waals surface area (Å²) >= 11 is 6.96. The van der Waals surface area contributed by atoms with Crippen LogP contribution in [0.1, 0.15) is 103 Å². The molecule has 1 unspecified atom stereocenters. The number of likely N-dealkylation sites (tertiary alicyclic amines) is 1. The zero-order chi connectivity index (χ0) is 38.6. The first kappa shape index (κ1) is 40.9. The number of amides is 2. The summed E-state index contributed by atoms with van der Waals surface area (Å²) < 4.78 is 14.0. The molecular weight excluding hydrogens is 706 g/mol. The number of benzene rings is 1. The smallest absolute Gasteiger partial charge is 0.410 e. The first-order chi connectivity index (χ1) is 25.0. The maximum atomic E-state index is 14.1. The maximum absolute atomic E-state index is 14.1. The molecule has 2 amide bonds. The van der Waals surface area contributed by atoms with Gasteiger partial charge in [0.05, 0.1) is 28.5 Å². The number of ether oxygens (including phenoxy) is 2. The molecule has 3 heterocycles. The second kappa shape index (κ2) is 17.0. The first-order valence-corrected chi connectivity index (χ1v) is 23.6. The van der Waals surface area contributed by atoms with Gasteiger partial charge in [0, 0.05) is 63.2 Å². The number of imidazole rings is 1. The molecule has 53 heavy (non-hydrogen) atoms. The number of fused-ring (bicyclic) bond motifs is 1. The van der Waals surface area contributed by atoms with Crippen LogP contribution in [0.4, 0.5) is 4.79 Å². The van der Waals surface area contributed by atoms with E-state index in [1.54, 1.807) is 4.90 Å². The van der Waals surface area contributed by atoms with Gasteiger partial charge in [-0.2, -0.15) is 0 Å². The number of carbonyl (C=O) groups excluding carboxylic acids is 3. The quantitative estimate of drug-likeness (QED) is 0.114. The Morgan fingerprint density at radius 2 is 1.83 bits per heavy atom. The van der Waals surface area contributed by atoms with Crippen molar-refractivity contribution in [1.82, 2.24) is 24.8 Å². The van der Waals surface area contributed by atoms with Crippen molar-refractivity contribution in [3.05, 3.63) is 47.0 Å². The lowest BCUT2D eigenvalue weighted by atomic mass is 9.90. The molecule has 0 bridgehead atoms. The van der Waals surface area contributed by atoms with Gasteiger partial charge in [-0.25, -0.2) is 9.78 Å². The van der Waals surface area contributed by atoms with E-state index < -0.39 is 13.7 Å². The van der Waals surface area contributed by atoms with Crippen LogP contribution in [0.2, 0.25) is 30.7 Å². The molecule has 2 aliphatic rings. The number of aromatic nitrogens is 3. The normalized spacial score (nSPS) is 17.6. The highest BCUT2D eigenvalue weighted by Crippen LogP contribution is 2.59. The number of ketones is 1. The number of piperidine rings is 1. The van der Waals surface area contributed by atoms with Crippen LogP contribution in [-0.4, -0.2) is 70.6 Å². The van der Waals surface area contributed by atoms with Crippen molar-refractivity contribution in [2.45, 2.75) is 136 Å². The van der Waals surface area contributed by atoms with E-state index in [9.17, 15) is 14.4 Å². The molecule has 1 aliphatic carbocycles. The Bertz CT molecular complexity index is 1770. The molecular formula is C41H60ClN5O5Si. The molecule has 1 saturated heterocycles. The van der Waals surface area contributed by atoms with Crippen LogP contribution < -0.4 is 5.32 Å². The number of halogens is 1. The van der Waals surface area contributed by atoms with E-state index in [1.807, 2.05) is 52.9 Å². The molecule has 12 heteroatoms. The number of carbonyl (C=O) groups is 3. The summed E-state index contributed by atoms with van der Waals surface area (Å²) in [6.45, 7) is 18.6. The van der Waals surface area contributed by atoms with Crippen molar-refractivity contribution in [2.24, 2.45) is 11.3 Å². The summed E-state index contributed by atoms with van der Waals surface area (Å²) in [7, 11) is -1.33. The number of pyridine rings is 1. The molecule has 2 fully saturated rings. The summed E-state index contributed by atoms with van der Waals surface area (Å²) in [6.07, 6.45) is 8.28. The molecule has 0 radical (unpaired) electrons. The van der Waals surface area contributed by atoms with E-state index in [0.29, 0.717) is 44.0 Å². The average Bonchev–Trinajstić information content (AvgIpc) is 3.62. The third-order valence-corrected chi connectivity index (χ3v) is 12.7. The van der Waals surface area contributed by atoms with E-state index >= 15 is 0 Å². The second-order valence-corrected chi connectivity index (χ2v) is 23.4. The molecule has 1 aromatic carbocycles. The van der Waals surface area contributed by atoms with Gasteiger partial charge in [0.15, 0.2) is 0 Å². The van der Waals surface area contributed by atoms with E-state index in [-0.39, 0.29) is 41.9 Å². The molecule has 1 spiro atoms. The number of nitrogens with one attached hydrogen (secondary N) is 1. The molecule has 290 valence electrons. The number of unbranched alkanes of at least 4 members (excludes halogenated alkanes) is 2. The van der Waals surface area contributed by atoms with Gasteiger partial charge in [-0.15, -0.1) is 0 Å². The van der Waals surface area contributed by atoms with Gasteiger partial charge in [0.2, 0.25) is 5.91 Å². The maximum Gasteiger partial charge on any atom is 0.410 e.